The summed E-state index contributed by atoms with van der Waals surface area (Å²) in [7, 11) is 0. The van der Waals surface area contributed by atoms with Crippen molar-refractivity contribution in [2.24, 2.45) is 0 Å². The molecule has 0 saturated heterocycles. The average molecular weight is 310 g/mol. The first kappa shape index (κ1) is 15.9. The topological polar surface area (TPSA) is 40.5 Å². The molecule has 0 amide bonds. The molecule has 0 atom stereocenters. The van der Waals surface area contributed by atoms with E-state index in [1.165, 1.54) is 11.3 Å². The number of carbonyl (C=O) groups is 1. The van der Waals surface area contributed by atoms with E-state index in [1.54, 1.807) is 6.07 Å². The van der Waals surface area contributed by atoms with Gasteiger partial charge in [0.1, 0.15) is 4.34 Å². The number of nitrogens with zero attached hydrogens (tertiary/aromatic N) is 1. The molecule has 1 aromatic heterocycles. The van der Waals surface area contributed by atoms with Crippen molar-refractivity contribution in [1.82, 2.24) is 4.90 Å². The number of carbonyl (C=O) groups excluding carboxylic acids is 1. The highest BCUT2D eigenvalue weighted by Crippen LogP contribution is 2.31. The van der Waals surface area contributed by atoms with Gasteiger partial charge in [0.15, 0.2) is 5.78 Å². The molecule has 0 bridgehead atoms. The van der Waals surface area contributed by atoms with Crippen LogP contribution >= 0.6 is 34.5 Å². The number of hydrogen-bond donors (Lipinski definition) is 1. The molecule has 102 valence electrons. The van der Waals surface area contributed by atoms with E-state index in [-0.39, 0.29) is 18.9 Å². The number of rotatable bonds is 8. The molecule has 1 rings (SSSR count). The lowest BCUT2D eigenvalue weighted by Crippen LogP contribution is -2.33. The van der Waals surface area contributed by atoms with Crippen LogP contribution in [-0.2, 0) is 0 Å². The fourth-order valence-corrected chi connectivity index (χ4v) is 3.11. The molecule has 0 radical (unpaired) electrons. The van der Waals surface area contributed by atoms with Crippen molar-refractivity contribution in [3.05, 3.63) is 20.3 Å². The van der Waals surface area contributed by atoms with Crippen molar-refractivity contribution in [3.63, 3.8) is 0 Å². The van der Waals surface area contributed by atoms with Crippen molar-refractivity contribution in [2.45, 2.75) is 19.8 Å². The normalized spacial score (nSPS) is 11.2. The monoisotopic (exact) mass is 309 g/mol. The molecule has 1 aromatic rings. The summed E-state index contributed by atoms with van der Waals surface area (Å²) in [4.78, 5) is 14.0. The minimum absolute atomic E-state index is 0.0484. The number of Topliss-reactive ketones (excluding diaryl/α,β-unsaturated/α-hetero) is 1. The van der Waals surface area contributed by atoms with Crippen LogP contribution in [0.15, 0.2) is 6.07 Å². The van der Waals surface area contributed by atoms with E-state index in [0.29, 0.717) is 20.8 Å². The van der Waals surface area contributed by atoms with Crippen molar-refractivity contribution in [3.8, 4) is 0 Å². The SMILES string of the molecule is CCCCN(CCO)CC(=O)c1cc(Cl)sc1Cl. The van der Waals surface area contributed by atoms with Crippen LogP contribution in [0.3, 0.4) is 0 Å². The van der Waals surface area contributed by atoms with E-state index in [0.717, 1.165) is 19.4 Å². The minimum atomic E-state index is -0.0484. The number of aliphatic hydroxyl groups is 1. The van der Waals surface area contributed by atoms with Gasteiger partial charge in [-0.25, -0.2) is 0 Å². The highest BCUT2D eigenvalue weighted by atomic mass is 35.5. The Morgan fingerprint density at radius 3 is 2.67 bits per heavy atom. The molecule has 0 aliphatic rings. The van der Waals surface area contributed by atoms with Gasteiger partial charge in [-0.3, -0.25) is 9.69 Å². The summed E-state index contributed by atoms with van der Waals surface area (Å²) in [5.74, 6) is -0.0484. The van der Waals surface area contributed by atoms with Crippen LogP contribution in [0.25, 0.3) is 0 Å². The largest absolute Gasteiger partial charge is 0.395 e. The number of aliphatic hydroxyl groups excluding tert-OH is 1. The zero-order valence-electron chi connectivity index (χ0n) is 10.3. The first-order chi connectivity index (χ1) is 8.58. The van der Waals surface area contributed by atoms with Crippen molar-refractivity contribution >= 4 is 40.3 Å². The number of halogens is 2. The third-order valence-electron chi connectivity index (χ3n) is 2.57. The Labute approximate surface area is 121 Å². The summed E-state index contributed by atoms with van der Waals surface area (Å²) >= 11 is 13.0. The molecule has 0 fully saturated rings. The van der Waals surface area contributed by atoms with E-state index in [9.17, 15) is 4.79 Å². The second-order valence-electron chi connectivity index (χ2n) is 4.01. The molecule has 1 N–H and O–H groups in total. The Morgan fingerprint density at radius 2 is 2.17 bits per heavy atom. The van der Waals surface area contributed by atoms with Crippen LogP contribution in [-0.4, -0.2) is 42.0 Å². The van der Waals surface area contributed by atoms with Gasteiger partial charge in [0.05, 0.1) is 23.1 Å². The van der Waals surface area contributed by atoms with Crippen LogP contribution in [0.1, 0.15) is 30.1 Å². The number of hydrogen-bond acceptors (Lipinski definition) is 4. The molecule has 0 aliphatic heterocycles. The first-order valence-corrected chi connectivity index (χ1v) is 7.47. The van der Waals surface area contributed by atoms with E-state index in [4.69, 9.17) is 28.3 Å². The van der Waals surface area contributed by atoms with Gasteiger partial charge >= 0.3 is 0 Å². The molecule has 0 saturated carbocycles. The van der Waals surface area contributed by atoms with Gasteiger partial charge in [0.2, 0.25) is 0 Å². The van der Waals surface area contributed by atoms with Gasteiger partial charge < -0.3 is 5.11 Å². The Morgan fingerprint density at radius 1 is 1.44 bits per heavy atom. The molecular weight excluding hydrogens is 293 g/mol. The minimum Gasteiger partial charge on any atom is -0.395 e. The second-order valence-corrected chi connectivity index (χ2v) is 6.30. The number of thiophene rings is 1. The Hall–Kier alpha value is -0.130. The molecule has 0 unspecified atom stereocenters. The summed E-state index contributed by atoms with van der Waals surface area (Å²) in [6, 6.07) is 1.60. The summed E-state index contributed by atoms with van der Waals surface area (Å²) in [6.45, 7) is 3.72. The fraction of sp³-hybridized carbons (Fsp3) is 0.583. The van der Waals surface area contributed by atoms with Crippen molar-refractivity contribution in [2.75, 3.05) is 26.2 Å². The first-order valence-electron chi connectivity index (χ1n) is 5.89. The van der Waals surface area contributed by atoms with Gasteiger partial charge in [-0.05, 0) is 19.0 Å². The predicted octanol–water partition coefficient (Wildman–Crippen LogP) is 3.33. The number of unbranched alkanes of at least 4 members (excludes halogenated alkanes) is 1. The van der Waals surface area contributed by atoms with Crippen molar-refractivity contribution in [1.29, 1.82) is 0 Å². The van der Waals surface area contributed by atoms with E-state index >= 15 is 0 Å². The Bertz CT molecular complexity index is 395. The smallest absolute Gasteiger partial charge is 0.179 e. The highest BCUT2D eigenvalue weighted by molar-refractivity contribution is 7.20. The maximum Gasteiger partial charge on any atom is 0.179 e. The van der Waals surface area contributed by atoms with Gasteiger partial charge in [0.25, 0.3) is 0 Å². The molecule has 1 heterocycles. The van der Waals surface area contributed by atoms with Crippen LogP contribution in [0.4, 0.5) is 0 Å². The average Bonchev–Trinajstić information content (AvgIpc) is 2.65. The fourth-order valence-electron chi connectivity index (χ4n) is 1.61. The standard InChI is InChI=1S/C12H17Cl2NO2S/c1-2-3-4-15(5-6-16)8-10(17)9-7-11(13)18-12(9)14/h7,16H,2-6,8H2,1H3. The lowest BCUT2D eigenvalue weighted by molar-refractivity contribution is 0.0914. The molecule has 0 aliphatic carbocycles. The number of ketones is 1. The van der Waals surface area contributed by atoms with E-state index < -0.39 is 0 Å². The maximum absolute atomic E-state index is 12.1. The molecular formula is C12H17Cl2NO2S. The molecule has 18 heavy (non-hydrogen) atoms. The third-order valence-corrected chi connectivity index (χ3v) is 4.06. The molecule has 3 nitrogen and oxygen atoms in total. The lowest BCUT2D eigenvalue weighted by atomic mass is 10.2. The second kappa shape index (κ2) is 8.12. The quantitative estimate of drug-likeness (QED) is 0.749. The van der Waals surface area contributed by atoms with Crippen molar-refractivity contribution < 1.29 is 9.90 Å². The highest BCUT2D eigenvalue weighted by Gasteiger charge is 2.17. The van der Waals surface area contributed by atoms with E-state index in [1.807, 2.05) is 4.90 Å². The van der Waals surface area contributed by atoms with Crippen LogP contribution in [0, 0.1) is 0 Å². The summed E-state index contributed by atoms with van der Waals surface area (Å²) in [6.07, 6.45) is 2.06. The van der Waals surface area contributed by atoms with Crippen LogP contribution in [0.2, 0.25) is 8.67 Å². The van der Waals surface area contributed by atoms with Crippen LogP contribution < -0.4 is 0 Å². The summed E-state index contributed by atoms with van der Waals surface area (Å²) < 4.78 is 0.954. The molecule has 6 heteroatoms. The Kier molecular flexibility index (Phi) is 7.19. The predicted molar refractivity (Wildman–Crippen MR) is 77.1 cm³/mol. The Balaban J connectivity index is 2.62. The van der Waals surface area contributed by atoms with E-state index in [2.05, 4.69) is 6.92 Å². The van der Waals surface area contributed by atoms with Gasteiger partial charge in [0, 0.05) is 6.54 Å². The zero-order valence-corrected chi connectivity index (χ0v) is 12.6. The zero-order chi connectivity index (χ0) is 13.5. The third kappa shape index (κ3) is 4.86. The van der Waals surface area contributed by atoms with Gasteiger partial charge in [-0.1, -0.05) is 36.5 Å². The summed E-state index contributed by atoms with van der Waals surface area (Å²) in [5, 5.41) is 8.98. The summed E-state index contributed by atoms with van der Waals surface area (Å²) in [5.41, 5.74) is 0.478. The van der Waals surface area contributed by atoms with Gasteiger partial charge in [-0.2, -0.15) is 0 Å². The molecule has 0 aromatic carbocycles. The van der Waals surface area contributed by atoms with Gasteiger partial charge in [-0.15, -0.1) is 11.3 Å². The maximum atomic E-state index is 12.1. The lowest BCUT2D eigenvalue weighted by Gasteiger charge is -2.19. The van der Waals surface area contributed by atoms with Crippen LogP contribution in [0.5, 0.6) is 0 Å². The molecule has 0 spiro atoms.